The average molecular weight is 603 g/mol. The molecule has 3 fully saturated rings. The number of hydrogen-bond acceptors (Lipinski definition) is 6. The SMILES string of the molecule is CSc1cccc(NC(=O)[C@@H]2[C@H]3C=C[C@]4(O3)[C@H](C(=O)NC3CCCCC3)N(CCCN(C)Cc3ccccc3)C(=O)[C@@H]24)c1. The van der Waals surface area contributed by atoms with Gasteiger partial charge in [0.2, 0.25) is 17.7 Å². The minimum absolute atomic E-state index is 0.107. The van der Waals surface area contributed by atoms with Crippen LogP contribution >= 0.6 is 11.8 Å². The second-order valence-electron chi connectivity index (χ2n) is 12.4. The van der Waals surface area contributed by atoms with Gasteiger partial charge in [-0.2, -0.15) is 0 Å². The first-order valence-corrected chi connectivity index (χ1v) is 16.8. The zero-order chi connectivity index (χ0) is 30.0. The minimum Gasteiger partial charge on any atom is -0.359 e. The summed E-state index contributed by atoms with van der Waals surface area (Å²) < 4.78 is 6.52. The molecule has 6 rings (SSSR count). The number of carbonyl (C=O) groups excluding carboxylic acids is 3. The van der Waals surface area contributed by atoms with E-state index in [1.165, 1.54) is 12.0 Å². The Hall–Kier alpha value is -3.14. The van der Waals surface area contributed by atoms with E-state index in [2.05, 4.69) is 34.7 Å². The van der Waals surface area contributed by atoms with Gasteiger partial charge in [0.15, 0.2) is 0 Å². The summed E-state index contributed by atoms with van der Waals surface area (Å²) in [5.41, 5.74) is 0.778. The van der Waals surface area contributed by atoms with Crippen molar-refractivity contribution in [1.82, 2.24) is 15.1 Å². The lowest BCUT2D eigenvalue weighted by Crippen LogP contribution is -2.56. The zero-order valence-electron chi connectivity index (χ0n) is 25.0. The predicted octanol–water partition coefficient (Wildman–Crippen LogP) is 4.47. The van der Waals surface area contributed by atoms with Crippen molar-refractivity contribution in [2.45, 2.75) is 73.8 Å². The zero-order valence-corrected chi connectivity index (χ0v) is 25.9. The Morgan fingerprint density at radius 3 is 2.63 bits per heavy atom. The molecule has 43 heavy (non-hydrogen) atoms. The molecule has 2 aromatic carbocycles. The van der Waals surface area contributed by atoms with E-state index >= 15 is 0 Å². The molecule has 1 aliphatic carbocycles. The van der Waals surface area contributed by atoms with Crippen LogP contribution in [0.15, 0.2) is 71.6 Å². The van der Waals surface area contributed by atoms with E-state index in [-0.39, 0.29) is 23.8 Å². The van der Waals surface area contributed by atoms with Gasteiger partial charge in [0.05, 0.1) is 17.9 Å². The molecule has 5 atom stereocenters. The van der Waals surface area contributed by atoms with Crippen LogP contribution < -0.4 is 10.6 Å². The normalized spacial score (nSPS) is 28.0. The topological polar surface area (TPSA) is 91.0 Å². The van der Waals surface area contributed by atoms with Gasteiger partial charge in [-0.3, -0.25) is 14.4 Å². The maximum Gasteiger partial charge on any atom is 0.246 e. The number of fused-ring (bicyclic) bond motifs is 1. The molecule has 3 aliphatic heterocycles. The summed E-state index contributed by atoms with van der Waals surface area (Å²) in [7, 11) is 2.07. The van der Waals surface area contributed by atoms with E-state index in [9.17, 15) is 14.4 Å². The van der Waals surface area contributed by atoms with Crippen molar-refractivity contribution in [3.63, 3.8) is 0 Å². The fourth-order valence-corrected chi connectivity index (χ4v) is 7.91. The van der Waals surface area contributed by atoms with Crippen molar-refractivity contribution in [2.75, 3.05) is 31.7 Å². The number of ether oxygens (including phenoxy) is 1. The highest BCUT2D eigenvalue weighted by Gasteiger charge is 2.72. The largest absolute Gasteiger partial charge is 0.359 e. The number of anilines is 1. The van der Waals surface area contributed by atoms with Crippen LogP contribution in [0.5, 0.6) is 0 Å². The van der Waals surface area contributed by atoms with Crippen LogP contribution in [-0.2, 0) is 25.7 Å². The van der Waals surface area contributed by atoms with Crippen molar-refractivity contribution in [3.8, 4) is 0 Å². The fourth-order valence-electron chi connectivity index (χ4n) is 7.45. The number of nitrogens with zero attached hydrogens (tertiary/aromatic N) is 2. The maximum absolute atomic E-state index is 14.2. The molecule has 3 amide bonds. The van der Waals surface area contributed by atoms with Crippen LogP contribution in [0.1, 0.15) is 44.1 Å². The maximum atomic E-state index is 14.2. The summed E-state index contributed by atoms with van der Waals surface area (Å²) in [6.45, 7) is 1.99. The molecule has 0 aromatic heterocycles. The number of hydrogen-bond donors (Lipinski definition) is 2. The number of carbonyl (C=O) groups is 3. The van der Waals surface area contributed by atoms with E-state index in [0.29, 0.717) is 18.7 Å². The molecule has 9 heteroatoms. The lowest BCUT2D eigenvalue weighted by molar-refractivity contribution is -0.141. The second-order valence-corrected chi connectivity index (χ2v) is 13.3. The molecule has 1 saturated carbocycles. The molecular formula is C34H42N4O4S. The average Bonchev–Trinajstić information content (AvgIpc) is 3.65. The van der Waals surface area contributed by atoms with Crippen molar-refractivity contribution >= 4 is 35.2 Å². The van der Waals surface area contributed by atoms with Gasteiger partial charge in [-0.1, -0.05) is 67.8 Å². The highest BCUT2D eigenvalue weighted by atomic mass is 32.2. The van der Waals surface area contributed by atoms with E-state index in [1.54, 1.807) is 16.7 Å². The van der Waals surface area contributed by atoms with Gasteiger partial charge in [-0.05, 0) is 62.9 Å². The molecule has 2 aromatic rings. The first-order valence-electron chi connectivity index (χ1n) is 15.5. The lowest BCUT2D eigenvalue weighted by Gasteiger charge is -2.34. The molecule has 228 valence electrons. The van der Waals surface area contributed by atoms with Crippen molar-refractivity contribution in [3.05, 3.63) is 72.3 Å². The van der Waals surface area contributed by atoms with Gasteiger partial charge in [-0.15, -0.1) is 11.8 Å². The molecule has 2 bridgehead atoms. The number of likely N-dealkylation sites (tertiary alicyclic amines) is 1. The molecule has 1 spiro atoms. The Morgan fingerprint density at radius 2 is 1.86 bits per heavy atom. The third-order valence-corrected chi connectivity index (χ3v) is 10.2. The van der Waals surface area contributed by atoms with Gasteiger partial charge < -0.3 is 25.2 Å². The van der Waals surface area contributed by atoms with Crippen LogP contribution in [0, 0.1) is 11.8 Å². The minimum atomic E-state index is -1.14. The van der Waals surface area contributed by atoms with Gasteiger partial charge in [0.1, 0.15) is 11.6 Å². The predicted molar refractivity (Wildman–Crippen MR) is 168 cm³/mol. The molecule has 2 N–H and O–H groups in total. The third kappa shape index (κ3) is 5.99. The van der Waals surface area contributed by atoms with E-state index in [4.69, 9.17) is 4.74 Å². The van der Waals surface area contributed by atoms with Gasteiger partial charge in [-0.25, -0.2) is 0 Å². The van der Waals surface area contributed by atoms with Crippen LogP contribution in [0.2, 0.25) is 0 Å². The van der Waals surface area contributed by atoms with Crippen molar-refractivity contribution < 1.29 is 19.1 Å². The highest BCUT2D eigenvalue weighted by molar-refractivity contribution is 7.98. The van der Waals surface area contributed by atoms with Crippen LogP contribution in [-0.4, -0.2) is 77.7 Å². The number of thioether (sulfide) groups is 1. The van der Waals surface area contributed by atoms with Gasteiger partial charge in [0, 0.05) is 29.7 Å². The molecule has 8 nitrogen and oxygen atoms in total. The van der Waals surface area contributed by atoms with E-state index < -0.39 is 29.6 Å². The Kier molecular flexibility index (Phi) is 8.93. The van der Waals surface area contributed by atoms with E-state index in [1.807, 2.05) is 60.9 Å². The standard InChI is InChI=1S/C34H42N4O4S/c1-37(22-23-11-5-3-6-12-23)19-10-20-38-30(32(40)35-24-13-7-4-8-14-24)34-18-17-27(42-34)28(29(34)33(38)41)31(39)36-25-15-9-16-26(21-25)43-2/h3,5-6,9,11-12,15-18,21,24,27-30H,4,7-8,10,13-14,19-20,22H2,1-2H3,(H,35,40)(H,36,39)/t27-,28-,29-,30+,34-/m1/s1. The van der Waals surface area contributed by atoms with Crippen LogP contribution in [0.4, 0.5) is 5.69 Å². The van der Waals surface area contributed by atoms with Crippen molar-refractivity contribution in [2.24, 2.45) is 11.8 Å². The quantitative estimate of drug-likeness (QED) is 0.292. The summed E-state index contributed by atoms with van der Waals surface area (Å²) in [4.78, 5) is 47.0. The second kappa shape index (κ2) is 12.8. The summed E-state index contributed by atoms with van der Waals surface area (Å²) in [5.74, 6) is -2.02. The van der Waals surface area contributed by atoms with Crippen molar-refractivity contribution in [1.29, 1.82) is 0 Å². The Bertz CT molecular complexity index is 1360. The Balaban J connectivity index is 1.21. The molecule has 4 aliphatic rings. The summed E-state index contributed by atoms with van der Waals surface area (Å²) in [6, 6.07) is 17.3. The van der Waals surface area contributed by atoms with Crippen LogP contribution in [0.3, 0.4) is 0 Å². The third-order valence-electron chi connectivity index (χ3n) is 9.45. The number of amides is 3. The summed E-state index contributed by atoms with van der Waals surface area (Å²) in [5, 5.41) is 6.31. The molecular weight excluding hydrogens is 560 g/mol. The van der Waals surface area contributed by atoms with E-state index in [0.717, 1.165) is 43.7 Å². The van der Waals surface area contributed by atoms with Crippen LogP contribution in [0.25, 0.3) is 0 Å². The smallest absolute Gasteiger partial charge is 0.246 e. The molecule has 0 radical (unpaired) electrons. The number of nitrogens with one attached hydrogen (secondary N) is 2. The number of rotatable bonds is 11. The monoisotopic (exact) mass is 602 g/mol. The Morgan fingerprint density at radius 1 is 1.07 bits per heavy atom. The first kappa shape index (κ1) is 29.9. The molecule has 0 unspecified atom stereocenters. The lowest BCUT2D eigenvalue weighted by atomic mass is 9.74. The summed E-state index contributed by atoms with van der Waals surface area (Å²) in [6.07, 6.45) is 11.2. The molecule has 2 saturated heterocycles. The highest BCUT2D eigenvalue weighted by Crippen LogP contribution is 2.55. The number of benzene rings is 2. The molecule has 3 heterocycles. The summed E-state index contributed by atoms with van der Waals surface area (Å²) >= 11 is 1.60. The fraction of sp³-hybridized carbons (Fsp3) is 0.500. The van der Waals surface area contributed by atoms with Gasteiger partial charge >= 0.3 is 0 Å². The van der Waals surface area contributed by atoms with Gasteiger partial charge in [0.25, 0.3) is 0 Å². The first-order chi connectivity index (χ1) is 20.9. The Labute approximate surface area is 258 Å².